The van der Waals surface area contributed by atoms with Gasteiger partial charge in [-0.25, -0.2) is 4.98 Å². The molecule has 0 amide bonds. The van der Waals surface area contributed by atoms with E-state index in [-0.39, 0.29) is 24.3 Å². The Bertz CT molecular complexity index is 1390. The first-order valence-electron chi connectivity index (χ1n) is 11.1. The lowest BCUT2D eigenvalue weighted by molar-refractivity contribution is -0.118. The lowest BCUT2D eigenvalue weighted by Crippen LogP contribution is -2.28. The standard InChI is InChI=1S/C26H24ClN5O3/c1-3-22(33)13-19-15-28-26(32(25(19)34)16-18-4-6-20(27)7-5-18)30-21-8-10-23(11-9-21)35-24-12-17(2)14-29-31-24/h4-12,14-15H,3,13,16H2,1-2H3,(H,28,30). The van der Waals surface area contributed by atoms with Crippen molar-refractivity contribution in [2.75, 3.05) is 5.32 Å². The lowest BCUT2D eigenvalue weighted by Gasteiger charge is -2.15. The summed E-state index contributed by atoms with van der Waals surface area (Å²) < 4.78 is 7.27. The molecule has 2 aromatic carbocycles. The van der Waals surface area contributed by atoms with Gasteiger partial charge in [-0.15, -0.1) is 5.10 Å². The summed E-state index contributed by atoms with van der Waals surface area (Å²) in [6, 6.07) is 16.2. The molecule has 0 saturated carbocycles. The van der Waals surface area contributed by atoms with Crippen LogP contribution in [0.25, 0.3) is 0 Å². The molecule has 0 bridgehead atoms. The Morgan fingerprint density at radius 3 is 2.51 bits per heavy atom. The first-order valence-corrected chi connectivity index (χ1v) is 11.5. The van der Waals surface area contributed by atoms with Crippen molar-refractivity contribution in [1.29, 1.82) is 0 Å². The largest absolute Gasteiger partial charge is 0.438 e. The van der Waals surface area contributed by atoms with Crippen LogP contribution in [-0.4, -0.2) is 25.5 Å². The molecule has 0 aliphatic heterocycles. The summed E-state index contributed by atoms with van der Waals surface area (Å²) in [6.07, 6.45) is 3.53. The monoisotopic (exact) mass is 489 g/mol. The Morgan fingerprint density at radius 2 is 1.83 bits per heavy atom. The Morgan fingerprint density at radius 1 is 1.09 bits per heavy atom. The van der Waals surface area contributed by atoms with Gasteiger partial charge in [-0.3, -0.25) is 14.2 Å². The van der Waals surface area contributed by atoms with Gasteiger partial charge >= 0.3 is 0 Å². The van der Waals surface area contributed by atoms with Gasteiger partial charge < -0.3 is 10.1 Å². The van der Waals surface area contributed by atoms with Gasteiger partial charge in [0.05, 0.1) is 12.7 Å². The lowest BCUT2D eigenvalue weighted by atomic mass is 10.1. The Labute approximate surface area is 207 Å². The van der Waals surface area contributed by atoms with Crippen LogP contribution in [0.2, 0.25) is 5.02 Å². The molecular formula is C26H24ClN5O3. The SMILES string of the molecule is CCC(=O)Cc1cnc(Nc2ccc(Oc3cc(C)cnn3)cc2)n(Cc2ccc(Cl)cc2)c1=O. The predicted octanol–water partition coefficient (Wildman–Crippen LogP) is 5.10. The zero-order chi connectivity index (χ0) is 24.8. The minimum absolute atomic E-state index is 0.0171. The molecule has 4 rings (SSSR count). The second kappa shape index (κ2) is 10.9. The molecule has 2 aromatic heterocycles. The molecule has 178 valence electrons. The topological polar surface area (TPSA) is 99.0 Å². The van der Waals surface area contributed by atoms with Crippen LogP contribution in [-0.2, 0) is 17.8 Å². The van der Waals surface area contributed by atoms with E-state index in [4.69, 9.17) is 16.3 Å². The molecule has 4 aromatic rings. The van der Waals surface area contributed by atoms with E-state index in [0.29, 0.717) is 40.3 Å². The third-order valence-electron chi connectivity index (χ3n) is 5.26. The Kier molecular flexibility index (Phi) is 7.52. The van der Waals surface area contributed by atoms with Gasteiger partial charge in [0.2, 0.25) is 11.8 Å². The summed E-state index contributed by atoms with van der Waals surface area (Å²) in [5.41, 5.74) is 2.63. The van der Waals surface area contributed by atoms with Crippen LogP contribution in [0.15, 0.2) is 71.8 Å². The number of Topliss-reactive ketones (excluding diaryl/α,β-unsaturated/α-hetero) is 1. The number of anilines is 2. The quantitative estimate of drug-likeness (QED) is 0.349. The Balaban J connectivity index is 1.60. The number of ether oxygens (including phenoxy) is 1. The van der Waals surface area contributed by atoms with Crippen molar-refractivity contribution in [1.82, 2.24) is 19.7 Å². The van der Waals surface area contributed by atoms with Gasteiger partial charge in [0, 0.05) is 41.4 Å². The van der Waals surface area contributed by atoms with E-state index in [2.05, 4.69) is 20.5 Å². The maximum atomic E-state index is 13.3. The molecule has 0 saturated heterocycles. The molecule has 1 N–H and O–H groups in total. The van der Waals surface area contributed by atoms with Crippen molar-refractivity contribution in [3.8, 4) is 11.6 Å². The molecule has 2 heterocycles. The summed E-state index contributed by atoms with van der Waals surface area (Å²) in [4.78, 5) is 29.7. The van der Waals surface area contributed by atoms with Gasteiger partial charge in [-0.2, -0.15) is 5.10 Å². The van der Waals surface area contributed by atoms with E-state index in [1.54, 1.807) is 43.5 Å². The van der Waals surface area contributed by atoms with Gasteiger partial charge in [-0.05, 0) is 54.4 Å². The van der Waals surface area contributed by atoms with Crippen LogP contribution in [0.4, 0.5) is 11.6 Å². The molecule has 0 radical (unpaired) electrons. The summed E-state index contributed by atoms with van der Waals surface area (Å²) in [5.74, 6) is 1.34. The van der Waals surface area contributed by atoms with Gasteiger partial charge in [0.25, 0.3) is 5.56 Å². The van der Waals surface area contributed by atoms with Crippen LogP contribution in [0.1, 0.15) is 30.0 Å². The molecule has 0 unspecified atom stereocenters. The number of carbonyl (C=O) groups is 1. The molecule has 0 aliphatic carbocycles. The first kappa shape index (κ1) is 24.1. The minimum Gasteiger partial charge on any atom is -0.438 e. The van der Waals surface area contributed by atoms with Crippen molar-refractivity contribution < 1.29 is 9.53 Å². The van der Waals surface area contributed by atoms with E-state index in [9.17, 15) is 9.59 Å². The minimum atomic E-state index is -0.266. The highest BCUT2D eigenvalue weighted by atomic mass is 35.5. The van der Waals surface area contributed by atoms with Crippen molar-refractivity contribution in [3.05, 3.63) is 99.1 Å². The number of aromatic nitrogens is 4. The first-order chi connectivity index (χ1) is 16.9. The fraction of sp³-hybridized carbons (Fsp3) is 0.192. The second-order valence-electron chi connectivity index (χ2n) is 8.02. The summed E-state index contributed by atoms with van der Waals surface area (Å²) in [6.45, 7) is 3.96. The van der Waals surface area contributed by atoms with Crippen LogP contribution < -0.4 is 15.6 Å². The van der Waals surface area contributed by atoms with Crippen LogP contribution in [0.3, 0.4) is 0 Å². The fourth-order valence-corrected chi connectivity index (χ4v) is 3.48. The molecule has 8 nitrogen and oxygen atoms in total. The van der Waals surface area contributed by atoms with E-state index in [1.165, 1.54) is 10.8 Å². The van der Waals surface area contributed by atoms with Gasteiger partial charge in [-0.1, -0.05) is 30.7 Å². The maximum absolute atomic E-state index is 13.3. The van der Waals surface area contributed by atoms with Crippen LogP contribution >= 0.6 is 11.6 Å². The predicted molar refractivity (Wildman–Crippen MR) is 135 cm³/mol. The van der Waals surface area contributed by atoms with Crippen LogP contribution in [0.5, 0.6) is 11.6 Å². The number of nitrogens with one attached hydrogen (secondary N) is 1. The molecule has 9 heteroatoms. The molecule has 0 spiro atoms. The van der Waals surface area contributed by atoms with Crippen molar-refractivity contribution >= 4 is 29.0 Å². The zero-order valence-corrected chi connectivity index (χ0v) is 20.1. The number of nitrogens with zero attached hydrogens (tertiary/aromatic N) is 4. The molecule has 0 aliphatic rings. The zero-order valence-electron chi connectivity index (χ0n) is 19.4. The highest BCUT2D eigenvalue weighted by molar-refractivity contribution is 6.30. The molecule has 35 heavy (non-hydrogen) atoms. The number of hydrogen-bond donors (Lipinski definition) is 1. The van der Waals surface area contributed by atoms with Crippen molar-refractivity contribution in [3.63, 3.8) is 0 Å². The summed E-state index contributed by atoms with van der Waals surface area (Å²) in [5, 5.41) is 11.7. The number of aryl methyl sites for hydroxylation is 1. The number of halogens is 1. The molecule has 0 fully saturated rings. The average molecular weight is 490 g/mol. The third kappa shape index (κ3) is 6.30. The van der Waals surface area contributed by atoms with Crippen molar-refractivity contribution in [2.45, 2.75) is 33.2 Å². The average Bonchev–Trinajstić information content (AvgIpc) is 2.85. The van der Waals surface area contributed by atoms with Gasteiger partial charge in [0.15, 0.2) is 0 Å². The molecule has 0 atom stereocenters. The highest BCUT2D eigenvalue weighted by Gasteiger charge is 2.14. The van der Waals surface area contributed by atoms with E-state index >= 15 is 0 Å². The fourth-order valence-electron chi connectivity index (χ4n) is 3.35. The number of benzene rings is 2. The van der Waals surface area contributed by atoms with Crippen molar-refractivity contribution in [2.24, 2.45) is 0 Å². The van der Waals surface area contributed by atoms with E-state index < -0.39 is 0 Å². The maximum Gasteiger partial charge on any atom is 0.258 e. The number of carbonyl (C=O) groups excluding carboxylic acids is 1. The van der Waals surface area contributed by atoms with Gasteiger partial charge in [0.1, 0.15) is 11.5 Å². The molecular weight excluding hydrogens is 466 g/mol. The Hall–Kier alpha value is -4.04. The second-order valence-corrected chi connectivity index (χ2v) is 8.45. The summed E-state index contributed by atoms with van der Waals surface area (Å²) >= 11 is 6.01. The number of ketones is 1. The number of rotatable bonds is 9. The van der Waals surface area contributed by atoms with E-state index in [1.807, 2.05) is 31.2 Å². The highest BCUT2D eigenvalue weighted by Crippen LogP contribution is 2.23. The summed E-state index contributed by atoms with van der Waals surface area (Å²) in [7, 11) is 0. The smallest absolute Gasteiger partial charge is 0.258 e. The van der Waals surface area contributed by atoms with Crippen LogP contribution in [0, 0.1) is 6.92 Å². The normalized spacial score (nSPS) is 10.7. The van der Waals surface area contributed by atoms with E-state index in [0.717, 1.165) is 11.1 Å². The third-order valence-corrected chi connectivity index (χ3v) is 5.51. The number of hydrogen-bond acceptors (Lipinski definition) is 7.